The lowest BCUT2D eigenvalue weighted by molar-refractivity contribution is -0.140. The summed E-state index contributed by atoms with van der Waals surface area (Å²) in [5.74, 6) is -0.224. The van der Waals surface area contributed by atoms with Crippen LogP contribution in [0.4, 0.5) is 0 Å². The number of hydrogen-bond acceptors (Lipinski definition) is 2. The molecule has 2 aromatic rings. The van der Waals surface area contributed by atoms with Gasteiger partial charge in [-0.3, -0.25) is 9.59 Å². The second-order valence-electron chi connectivity index (χ2n) is 6.80. The molecule has 2 amide bonds. The number of benzene rings is 2. The van der Waals surface area contributed by atoms with Crippen molar-refractivity contribution in [3.8, 4) is 0 Å². The molecule has 0 aliphatic carbocycles. The first-order valence-electron chi connectivity index (χ1n) is 9.29. The number of hydrogen-bond donors (Lipinski definition) is 1. The van der Waals surface area contributed by atoms with Crippen LogP contribution in [0.5, 0.6) is 0 Å². The summed E-state index contributed by atoms with van der Waals surface area (Å²) in [5.41, 5.74) is 1.86. The number of carbonyl (C=O) groups excluding carboxylic acids is 2. The number of nitrogens with zero attached hydrogens (tertiary/aromatic N) is 1. The van der Waals surface area contributed by atoms with E-state index >= 15 is 0 Å². The Kier molecular flexibility index (Phi) is 7.86. The van der Waals surface area contributed by atoms with Crippen molar-refractivity contribution in [2.45, 2.75) is 52.2 Å². The van der Waals surface area contributed by atoms with Crippen LogP contribution in [0.3, 0.4) is 0 Å². The molecule has 1 N–H and O–H groups in total. The Morgan fingerprint density at radius 2 is 1.63 bits per heavy atom. The monoisotopic (exact) mass is 386 g/mol. The number of amides is 2. The highest BCUT2D eigenvalue weighted by molar-refractivity contribution is 6.30. The molecular weight excluding hydrogens is 360 g/mol. The van der Waals surface area contributed by atoms with Crippen LogP contribution in [0.25, 0.3) is 0 Å². The molecule has 0 saturated heterocycles. The van der Waals surface area contributed by atoms with Crippen molar-refractivity contribution in [3.63, 3.8) is 0 Å². The van der Waals surface area contributed by atoms with Crippen molar-refractivity contribution in [3.05, 3.63) is 70.7 Å². The summed E-state index contributed by atoms with van der Waals surface area (Å²) >= 11 is 5.92. The van der Waals surface area contributed by atoms with Gasteiger partial charge in [-0.15, -0.1) is 0 Å². The Hall–Kier alpha value is -2.33. The number of nitrogens with one attached hydrogen (secondary N) is 1. The Balaban J connectivity index is 2.18. The van der Waals surface area contributed by atoms with Crippen LogP contribution in [0.1, 0.15) is 38.3 Å². The molecule has 0 unspecified atom stereocenters. The molecule has 0 fully saturated rings. The molecule has 0 aliphatic heterocycles. The molecule has 0 saturated carbocycles. The molecule has 0 aliphatic rings. The summed E-state index contributed by atoms with van der Waals surface area (Å²) in [7, 11) is 0. The van der Waals surface area contributed by atoms with E-state index < -0.39 is 6.04 Å². The summed E-state index contributed by atoms with van der Waals surface area (Å²) in [6, 6.07) is 16.4. The summed E-state index contributed by atoms with van der Waals surface area (Å²) in [6.45, 7) is 6.15. The highest BCUT2D eigenvalue weighted by Gasteiger charge is 2.26. The zero-order valence-corrected chi connectivity index (χ0v) is 16.9. The van der Waals surface area contributed by atoms with Gasteiger partial charge in [-0.05, 0) is 43.5 Å². The van der Waals surface area contributed by atoms with Crippen LogP contribution in [0.15, 0.2) is 54.6 Å². The summed E-state index contributed by atoms with van der Waals surface area (Å²) in [4.78, 5) is 27.3. The lowest BCUT2D eigenvalue weighted by Gasteiger charge is -2.29. The minimum atomic E-state index is -0.556. The van der Waals surface area contributed by atoms with Gasteiger partial charge in [-0.1, -0.05) is 61.0 Å². The quantitative estimate of drug-likeness (QED) is 0.738. The maximum absolute atomic E-state index is 13.0. The van der Waals surface area contributed by atoms with Crippen LogP contribution >= 0.6 is 11.6 Å². The lowest BCUT2D eigenvalue weighted by atomic mass is 10.1. The molecule has 4 nitrogen and oxygen atoms in total. The van der Waals surface area contributed by atoms with Crippen LogP contribution < -0.4 is 5.32 Å². The molecule has 2 rings (SSSR count). The van der Waals surface area contributed by atoms with Gasteiger partial charge in [0.15, 0.2) is 0 Å². The van der Waals surface area contributed by atoms with Gasteiger partial charge in [0.1, 0.15) is 6.04 Å². The van der Waals surface area contributed by atoms with Crippen molar-refractivity contribution < 1.29 is 9.59 Å². The first kappa shape index (κ1) is 21.0. The third kappa shape index (κ3) is 6.40. The molecule has 0 spiro atoms. The van der Waals surface area contributed by atoms with Gasteiger partial charge in [0.25, 0.3) is 0 Å². The topological polar surface area (TPSA) is 49.4 Å². The highest BCUT2D eigenvalue weighted by Crippen LogP contribution is 2.14. The van der Waals surface area contributed by atoms with Gasteiger partial charge in [0.05, 0.1) is 6.42 Å². The Morgan fingerprint density at radius 1 is 1.00 bits per heavy atom. The van der Waals surface area contributed by atoms with E-state index in [2.05, 4.69) is 5.32 Å². The predicted molar refractivity (Wildman–Crippen MR) is 110 cm³/mol. The first-order chi connectivity index (χ1) is 12.9. The maximum atomic E-state index is 13.0. The molecule has 0 radical (unpaired) electrons. The van der Waals surface area contributed by atoms with E-state index in [1.807, 2.05) is 56.3 Å². The van der Waals surface area contributed by atoms with Gasteiger partial charge in [-0.25, -0.2) is 0 Å². The Bertz CT molecular complexity index is 747. The second-order valence-corrected chi connectivity index (χ2v) is 7.24. The molecule has 0 bridgehead atoms. The molecule has 144 valence electrons. The van der Waals surface area contributed by atoms with Crippen LogP contribution in [0.2, 0.25) is 5.02 Å². The van der Waals surface area contributed by atoms with E-state index in [9.17, 15) is 9.59 Å². The van der Waals surface area contributed by atoms with E-state index in [-0.39, 0.29) is 24.3 Å². The summed E-state index contributed by atoms with van der Waals surface area (Å²) in [6.07, 6.45) is 1.07. The van der Waals surface area contributed by atoms with E-state index in [1.54, 1.807) is 24.0 Å². The summed E-state index contributed by atoms with van der Waals surface area (Å²) < 4.78 is 0. The van der Waals surface area contributed by atoms with Gasteiger partial charge in [-0.2, -0.15) is 0 Å². The van der Waals surface area contributed by atoms with Crippen molar-refractivity contribution in [1.82, 2.24) is 10.2 Å². The largest absolute Gasteiger partial charge is 0.352 e. The minimum absolute atomic E-state index is 0.0740. The van der Waals surface area contributed by atoms with Crippen molar-refractivity contribution in [2.24, 2.45) is 0 Å². The fourth-order valence-corrected chi connectivity index (χ4v) is 2.83. The maximum Gasteiger partial charge on any atom is 0.242 e. The molecule has 0 heterocycles. The normalized spacial score (nSPS) is 12.9. The number of rotatable bonds is 8. The van der Waals surface area contributed by atoms with E-state index in [4.69, 9.17) is 11.6 Å². The lowest BCUT2D eigenvalue weighted by Crippen LogP contribution is -2.49. The second kappa shape index (κ2) is 10.1. The number of carbonyl (C=O) groups is 2. The van der Waals surface area contributed by atoms with Crippen LogP contribution in [-0.2, 0) is 22.6 Å². The SMILES string of the molecule is CC[C@@H](C)NC(=O)[C@H](C)N(Cc1ccccc1)C(=O)Cc1ccc(Cl)cc1. The molecule has 2 atom stereocenters. The highest BCUT2D eigenvalue weighted by atomic mass is 35.5. The number of halogens is 1. The fourth-order valence-electron chi connectivity index (χ4n) is 2.71. The van der Waals surface area contributed by atoms with Crippen LogP contribution in [0, 0.1) is 0 Å². The molecule has 5 heteroatoms. The van der Waals surface area contributed by atoms with Crippen molar-refractivity contribution in [2.75, 3.05) is 0 Å². The fraction of sp³-hybridized carbons (Fsp3) is 0.364. The first-order valence-corrected chi connectivity index (χ1v) is 9.66. The molecule has 2 aromatic carbocycles. The van der Waals surface area contributed by atoms with E-state index in [0.717, 1.165) is 17.5 Å². The van der Waals surface area contributed by atoms with Crippen molar-refractivity contribution >= 4 is 23.4 Å². The van der Waals surface area contributed by atoms with E-state index in [0.29, 0.717) is 11.6 Å². The van der Waals surface area contributed by atoms with Gasteiger partial charge in [0.2, 0.25) is 11.8 Å². The van der Waals surface area contributed by atoms with Gasteiger partial charge >= 0.3 is 0 Å². The average molecular weight is 387 g/mol. The summed E-state index contributed by atoms with van der Waals surface area (Å²) in [5, 5.41) is 3.60. The molecule has 27 heavy (non-hydrogen) atoms. The molecular formula is C22H27ClN2O2. The minimum Gasteiger partial charge on any atom is -0.352 e. The van der Waals surface area contributed by atoms with E-state index in [1.165, 1.54) is 0 Å². The van der Waals surface area contributed by atoms with Crippen molar-refractivity contribution in [1.29, 1.82) is 0 Å². The molecule has 0 aromatic heterocycles. The zero-order valence-electron chi connectivity index (χ0n) is 16.1. The standard InChI is InChI=1S/C22H27ClN2O2/c1-4-16(2)24-22(27)17(3)25(15-19-8-6-5-7-9-19)21(26)14-18-10-12-20(23)13-11-18/h5-13,16-17H,4,14-15H2,1-3H3,(H,24,27)/t16-,17+/m1/s1. The third-order valence-corrected chi connectivity index (χ3v) is 4.88. The van der Waals surface area contributed by atoms with Crippen LogP contribution in [-0.4, -0.2) is 28.8 Å². The average Bonchev–Trinajstić information content (AvgIpc) is 2.67. The smallest absolute Gasteiger partial charge is 0.242 e. The van der Waals surface area contributed by atoms with Gasteiger partial charge in [0, 0.05) is 17.6 Å². The zero-order chi connectivity index (χ0) is 19.8. The third-order valence-electron chi connectivity index (χ3n) is 4.63. The van der Waals surface area contributed by atoms with Gasteiger partial charge < -0.3 is 10.2 Å². The Labute approximate surface area is 166 Å². The predicted octanol–water partition coefficient (Wildman–Crippen LogP) is 4.21. The Morgan fingerprint density at radius 3 is 2.22 bits per heavy atom.